The van der Waals surface area contributed by atoms with Gasteiger partial charge in [0.1, 0.15) is 0 Å². The standard InChI is InChI=1S/C13H21N3O2/c1-3-16(4-2)13(18)15-9-12(17)10-5-7-11(14)8-6-10/h5-8,12,17H,3-4,9,14H2,1-2H3,(H,15,18). The summed E-state index contributed by atoms with van der Waals surface area (Å²) in [5.74, 6) is 0. The van der Waals surface area contributed by atoms with Crippen molar-refractivity contribution in [3.8, 4) is 0 Å². The van der Waals surface area contributed by atoms with Gasteiger partial charge in [-0.15, -0.1) is 0 Å². The highest BCUT2D eigenvalue weighted by molar-refractivity contribution is 5.74. The molecule has 1 aromatic carbocycles. The van der Waals surface area contributed by atoms with Gasteiger partial charge in [0, 0.05) is 25.3 Å². The molecule has 1 unspecified atom stereocenters. The number of aliphatic hydroxyl groups is 1. The Balaban J connectivity index is 2.48. The molecule has 0 fully saturated rings. The van der Waals surface area contributed by atoms with Gasteiger partial charge in [-0.2, -0.15) is 0 Å². The minimum absolute atomic E-state index is 0.158. The Labute approximate surface area is 108 Å². The van der Waals surface area contributed by atoms with Crippen LogP contribution in [0.5, 0.6) is 0 Å². The van der Waals surface area contributed by atoms with Gasteiger partial charge in [-0.25, -0.2) is 4.79 Å². The maximum atomic E-state index is 11.7. The normalized spacial score (nSPS) is 11.9. The molecule has 2 amide bonds. The number of hydrogen-bond acceptors (Lipinski definition) is 3. The SMILES string of the molecule is CCN(CC)C(=O)NCC(O)c1ccc(N)cc1. The summed E-state index contributed by atoms with van der Waals surface area (Å²) >= 11 is 0. The van der Waals surface area contributed by atoms with Gasteiger partial charge in [0.25, 0.3) is 0 Å². The Hall–Kier alpha value is -1.75. The molecule has 1 atom stereocenters. The van der Waals surface area contributed by atoms with Crippen molar-refractivity contribution in [2.45, 2.75) is 20.0 Å². The molecule has 0 saturated heterocycles. The summed E-state index contributed by atoms with van der Waals surface area (Å²) in [6.45, 7) is 5.33. The third kappa shape index (κ3) is 3.92. The smallest absolute Gasteiger partial charge is 0.317 e. The van der Waals surface area contributed by atoms with Crippen LogP contribution in [0.4, 0.5) is 10.5 Å². The third-order valence-electron chi connectivity index (χ3n) is 2.82. The molecule has 5 nitrogen and oxygen atoms in total. The fourth-order valence-electron chi connectivity index (χ4n) is 1.64. The van der Waals surface area contributed by atoms with Crippen molar-refractivity contribution in [1.82, 2.24) is 10.2 Å². The van der Waals surface area contributed by atoms with Crippen molar-refractivity contribution < 1.29 is 9.90 Å². The first-order valence-corrected chi connectivity index (χ1v) is 6.14. The van der Waals surface area contributed by atoms with Gasteiger partial charge in [-0.3, -0.25) is 0 Å². The Kier molecular flexibility index (Phi) is 5.45. The van der Waals surface area contributed by atoms with Crippen LogP contribution < -0.4 is 11.1 Å². The monoisotopic (exact) mass is 251 g/mol. The highest BCUT2D eigenvalue weighted by Crippen LogP contribution is 2.13. The topological polar surface area (TPSA) is 78.6 Å². The number of carbonyl (C=O) groups is 1. The Bertz CT molecular complexity index is 374. The quantitative estimate of drug-likeness (QED) is 0.691. The van der Waals surface area contributed by atoms with Crippen molar-refractivity contribution in [3.05, 3.63) is 29.8 Å². The number of hydrogen-bond donors (Lipinski definition) is 3. The minimum atomic E-state index is -0.717. The highest BCUT2D eigenvalue weighted by atomic mass is 16.3. The number of benzene rings is 1. The van der Waals surface area contributed by atoms with Crippen LogP contribution in [-0.2, 0) is 0 Å². The number of amides is 2. The largest absolute Gasteiger partial charge is 0.399 e. The Morgan fingerprint density at radius 2 is 1.89 bits per heavy atom. The second-order valence-corrected chi connectivity index (χ2v) is 4.04. The third-order valence-corrected chi connectivity index (χ3v) is 2.82. The first-order valence-electron chi connectivity index (χ1n) is 6.14. The molecule has 1 aromatic rings. The molecule has 0 aromatic heterocycles. The molecule has 100 valence electrons. The Morgan fingerprint density at radius 1 is 1.33 bits per heavy atom. The zero-order chi connectivity index (χ0) is 13.5. The lowest BCUT2D eigenvalue weighted by molar-refractivity contribution is 0.163. The number of aliphatic hydroxyl groups excluding tert-OH is 1. The molecule has 5 heteroatoms. The van der Waals surface area contributed by atoms with Crippen molar-refractivity contribution >= 4 is 11.7 Å². The van der Waals surface area contributed by atoms with E-state index in [2.05, 4.69) is 5.32 Å². The van der Waals surface area contributed by atoms with E-state index in [9.17, 15) is 9.90 Å². The van der Waals surface area contributed by atoms with E-state index in [0.717, 1.165) is 5.56 Å². The highest BCUT2D eigenvalue weighted by Gasteiger charge is 2.12. The average Bonchev–Trinajstić information content (AvgIpc) is 2.38. The molecular formula is C13H21N3O2. The molecule has 0 radical (unpaired) electrons. The molecule has 0 saturated carbocycles. The van der Waals surface area contributed by atoms with Crippen LogP contribution in [0.1, 0.15) is 25.5 Å². The predicted octanol–water partition coefficient (Wildman–Crippen LogP) is 1.35. The van der Waals surface area contributed by atoms with Gasteiger partial charge in [-0.05, 0) is 31.5 Å². The lowest BCUT2D eigenvalue weighted by atomic mass is 10.1. The van der Waals surface area contributed by atoms with Crippen LogP contribution in [0, 0.1) is 0 Å². The molecule has 0 aliphatic carbocycles. The lowest BCUT2D eigenvalue weighted by Crippen LogP contribution is -2.41. The zero-order valence-corrected chi connectivity index (χ0v) is 10.9. The first kappa shape index (κ1) is 14.3. The fourth-order valence-corrected chi connectivity index (χ4v) is 1.64. The fraction of sp³-hybridized carbons (Fsp3) is 0.462. The number of urea groups is 1. The molecule has 0 bridgehead atoms. The second kappa shape index (κ2) is 6.86. The van der Waals surface area contributed by atoms with E-state index in [1.165, 1.54) is 0 Å². The van der Waals surface area contributed by atoms with Crippen LogP contribution in [0.25, 0.3) is 0 Å². The van der Waals surface area contributed by atoms with Gasteiger partial charge < -0.3 is 21.1 Å². The molecule has 1 rings (SSSR count). The number of nitrogens with one attached hydrogen (secondary N) is 1. The molecule has 0 aliphatic heterocycles. The number of rotatable bonds is 5. The number of nitrogen functional groups attached to an aromatic ring is 1. The second-order valence-electron chi connectivity index (χ2n) is 4.04. The van der Waals surface area contributed by atoms with Gasteiger partial charge in [0.15, 0.2) is 0 Å². The summed E-state index contributed by atoms with van der Waals surface area (Å²) < 4.78 is 0. The molecular weight excluding hydrogens is 230 g/mol. The van der Waals surface area contributed by atoms with Gasteiger partial charge >= 0.3 is 6.03 Å². The zero-order valence-electron chi connectivity index (χ0n) is 10.9. The summed E-state index contributed by atoms with van der Waals surface area (Å²) in [4.78, 5) is 13.3. The van der Waals surface area contributed by atoms with Crippen molar-refractivity contribution in [2.75, 3.05) is 25.4 Å². The van der Waals surface area contributed by atoms with E-state index >= 15 is 0 Å². The van der Waals surface area contributed by atoms with Crippen LogP contribution in [-0.4, -0.2) is 35.7 Å². The molecule has 4 N–H and O–H groups in total. The van der Waals surface area contributed by atoms with E-state index in [1.807, 2.05) is 13.8 Å². The lowest BCUT2D eigenvalue weighted by Gasteiger charge is -2.20. The van der Waals surface area contributed by atoms with Gasteiger partial charge in [0.2, 0.25) is 0 Å². The summed E-state index contributed by atoms with van der Waals surface area (Å²) in [5, 5.41) is 12.6. The number of nitrogens with two attached hydrogens (primary N) is 1. The van der Waals surface area contributed by atoms with Crippen LogP contribution in [0.15, 0.2) is 24.3 Å². The predicted molar refractivity (Wildman–Crippen MR) is 72.1 cm³/mol. The summed E-state index contributed by atoms with van der Waals surface area (Å²) in [7, 11) is 0. The van der Waals surface area contributed by atoms with Crippen LogP contribution in [0.3, 0.4) is 0 Å². The van der Waals surface area contributed by atoms with E-state index in [-0.39, 0.29) is 12.6 Å². The van der Waals surface area contributed by atoms with E-state index in [0.29, 0.717) is 18.8 Å². The first-order chi connectivity index (χ1) is 8.58. The summed E-state index contributed by atoms with van der Waals surface area (Å²) in [6.07, 6.45) is -0.717. The molecule has 0 aliphatic rings. The Morgan fingerprint density at radius 3 is 2.39 bits per heavy atom. The summed E-state index contributed by atoms with van der Waals surface area (Å²) in [6, 6.07) is 6.80. The van der Waals surface area contributed by atoms with Gasteiger partial charge in [-0.1, -0.05) is 12.1 Å². The van der Waals surface area contributed by atoms with E-state index in [4.69, 9.17) is 5.73 Å². The summed E-state index contributed by atoms with van der Waals surface area (Å²) in [5.41, 5.74) is 6.96. The average molecular weight is 251 g/mol. The maximum Gasteiger partial charge on any atom is 0.317 e. The minimum Gasteiger partial charge on any atom is -0.399 e. The van der Waals surface area contributed by atoms with E-state index in [1.54, 1.807) is 29.2 Å². The van der Waals surface area contributed by atoms with Crippen molar-refractivity contribution in [2.24, 2.45) is 0 Å². The number of nitrogens with zero attached hydrogens (tertiary/aromatic N) is 1. The van der Waals surface area contributed by atoms with Crippen LogP contribution in [0.2, 0.25) is 0 Å². The maximum absolute atomic E-state index is 11.7. The molecule has 0 heterocycles. The van der Waals surface area contributed by atoms with Crippen LogP contribution >= 0.6 is 0 Å². The van der Waals surface area contributed by atoms with Crippen molar-refractivity contribution in [1.29, 1.82) is 0 Å². The number of carbonyl (C=O) groups excluding carboxylic acids is 1. The van der Waals surface area contributed by atoms with E-state index < -0.39 is 6.10 Å². The van der Waals surface area contributed by atoms with Gasteiger partial charge in [0.05, 0.1) is 6.10 Å². The molecule has 18 heavy (non-hydrogen) atoms. The van der Waals surface area contributed by atoms with Crippen molar-refractivity contribution in [3.63, 3.8) is 0 Å². The number of anilines is 1. The molecule has 0 spiro atoms.